The molecule has 3 rings (SSSR count). The maximum atomic E-state index is 12.3. The summed E-state index contributed by atoms with van der Waals surface area (Å²) in [7, 11) is 0. The van der Waals surface area contributed by atoms with Crippen LogP contribution < -0.4 is 10.1 Å². The summed E-state index contributed by atoms with van der Waals surface area (Å²) >= 11 is 5.86. The molecule has 2 fully saturated rings. The van der Waals surface area contributed by atoms with Gasteiger partial charge in [-0.1, -0.05) is 11.6 Å². The van der Waals surface area contributed by atoms with Gasteiger partial charge in [-0.25, -0.2) is 0 Å². The van der Waals surface area contributed by atoms with Crippen LogP contribution in [-0.2, 0) is 9.59 Å². The molecule has 0 atom stereocenters. The predicted molar refractivity (Wildman–Crippen MR) is 99.4 cm³/mol. The fourth-order valence-electron chi connectivity index (χ4n) is 3.14. The molecule has 2 amide bonds. The van der Waals surface area contributed by atoms with E-state index in [4.69, 9.17) is 16.3 Å². The molecule has 0 aliphatic carbocycles. The average molecular weight is 381 g/mol. The number of halogens is 1. The van der Waals surface area contributed by atoms with Gasteiger partial charge < -0.3 is 15.0 Å². The van der Waals surface area contributed by atoms with Gasteiger partial charge in [0.15, 0.2) is 0 Å². The summed E-state index contributed by atoms with van der Waals surface area (Å²) in [5.74, 6) is 0.790. The van der Waals surface area contributed by atoms with E-state index in [1.807, 2.05) is 24.3 Å². The normalized spacial score (nSPS) is 19.3. The van der Waals surface area contributed by atoms with Gasteiger partial charge in [0.1, 0.15) is 12.4 Å². The third-order valence-corrected chi connectivity index (χ3v) is 4.96. The summed E-state index contributed by atoms with van der Waals surface area (Å²) in [5.41, 5.74) is 0. The van der Waals surface area contributed by atoms with Crippen LogP contribution in [0.4, 0.5) is 0 Å². The molecule has 0 unspecified atom stereocenters. The Kier molecular flexibility index (Phi) is 6.71. The van der Waals surface area contributed by atoms with E-state index in [2.05, 4.69) is 15.1 Å². The van der Waals surface area contributed by atoms with Gasteiger partial charge in [0.25, 0.3) is 0 Å². The number of carbonyl (C=O) groups is 2. The van der Waals surface area contributed by atoms with Gasteiger partial charge in [0.2, 0.25) is 11.8 Å². The highest BCUT2D eigenvalue weighted by Crippen LogP contribution is 2.15. The second-order valence-corrected chi connectivity index (χ2v) is 7.02. The molecule has 8 heteroatoms. The van der Waals surface area contributed by atoms with Crippen molar-refractivity contribution in [3.05, 3.63) is 29.3 Å². The van der Waals surface area contributed by atoms with Crippen LogP contribution in [0, 0.1) is 0 Å². The predicted octanol–water partition coefficient (Wildman–Crippen LogP) is 0.295. The average Bonchev–Trinajstić information content (AvgIpc) is 2.65. The fraction of sp³-hybridized carbons (Fsp3) is 0.556. The van der Waals surface area contributed by atoms with E-state index in [9.17, 15) is 9.59 Å². The number of nitrogens with zero attached hydrogens (tertiary/aromatic N) is 3. The van der Waals surface area contributed by atoms with Crippen molar-refractivity contribution in [1.82, 2.24) is 20.0 Å². The minimum absolute atomic E-state index is 0.0411. The molecule has 1 aromatic rings. The summed E-state index contributed by atoms with van der Waals surface area (Å²) < 4.78 is 5.73. The molecular formula is C18H25ClN4O3. The monoisotopic (exact) mass is 380 g/mol. The minimum atomic E-state index is -0.0740. The Hall–Kier alpha value is -1.83. The molecule has 1 aromatic carbocycles. The van der Waals surface area contributed by atoms with Crippen molar-refractivity contribution >= 4 is 23.4 Å². The number of rotatable bonds is 6. The topological polar surface area (TPSA) is 65.1 Å². The molecule has 2 aliphatic heterocycles. The molecule has 0 bridgehead atoms. The summed E-state index contributed by atoms with van der Waals surface area (Å²) in [6.07, 6.45) is 0. The number of carbonyl (C=O) groups excluding carboxylic acids is 2. The van der Waals surface area contributed by atoms with Crippen LogP contribution in [0.3, 0.4) is 0 Å². The lowest BCUT2D eigenvalue weighted by Crippen LogP contribution is -2.54. The molecule has 0 aromatic heterocycles. The lowest BCUT2D eigenvalue weighted by atomic mass is 10.3. The fourth-order valence-corrected chi connectivity index (χ4v) is 3.26. The molecule has 2 aliphatic rings. The molecule has 7 nitrogen and oxygen atoms in total. The van der Waals surface area contributed by atoms with Gasteiger partial charge in [-0.3, -0.25) is 19.4 Å². The molecule has 2 saturated heterocycles. The van der Waals surface area contributed by atoms with Crippen molar-refractivity contribution in [3.8, 4) is 5.75 Å². The first-order valence-electron chi connectivity index (χ1n) is 8.98. The molecule has 0 spiro atoms. The highest BCUT2D eigenvalue weighted by atomic mass is 35.5. The second kappa shape index (κ2) is 9.21. The van der Waals surface area contributed by atoms with Crippen LogP contribution >= 0.6 is 11.6 Å². The second-order valence-electron chi connectivity index (χ2n) is 6.59. The van der Waals surface area contributed by atoms with Crippen molar-refractivity contribution in [2.45, 2.75) is 0 Å². The number of piperazine rings is 2. The number of hydrogen-bond donors (Lipinski definition) is 1. The Morgan fingerprint density at radius 1 is 1.08 bits per heavy atom. The van der Waals surface area contributed by atoms with Gasteiger partial charge in [0.05, 0.1) is 13.1 Å². The van der Waals surface area contributed by atoms with E-state index in [1.54, 1.807) is 4.90 Å². The van der Waals surface area contributed by atoms with Crippen LogP contribution in [0.2, 0.25) is 5.02 Å². The first-order valence-corrected chi connectivity index (χ1v) is 9.35. The maximum Gasteiger partial charge on any atom is 0.239 e. The highest BCUT2D eigenvalue weighted by molar-refractivity contribution is 6.30. The van der Waals surface area contributed by atoms with Crippen LogP contribution in [0.5, 0.6) is 5.75 Å². The summed E-state index contributed by atoms with van der Waals surface area (Å²) in [6.45, 7) is 6.75. The number of nitrogens with one attached hydrogen (secondary N) is 1. The first kappa shape index (κ1) is 18.9. The van der Waals surface area contributed by atoms with E-state index >= 15 is 0 Å². The van der Waals surface area contributed by atoms with Gasteiger partial charge in [-0.2, -0.15) is 0 Å². The van der Waals surface area contributed by atoms with Crippen molar-refractivity contribution in [1.29, 1.82) is 0 Å². The molecule has 142 valence electrons. The summed E-state index contributed by atoms with van der Waals surface area (Å²) in [5, 5.41) is 3.44. The third-order valence-electron chi connectivity index (χ3n) is 4.70. The largest absolute Gasteiger partial charge is 0.492 e. The van der Waals surface area contributed by atoms with Crippen LogP contribution in [0.15, 0.2) is 24.3 Å². The summed E-state index contributed by atoms with van der Waals surface area (Å²) in [6, 6.07) is 7.37. The highest BCUT2D eigenvalue weighted by Gasteiger charge is 2.24. The number of benzene rings is 1. The third kappa shape index (κ3) is 5.59. The van der Waals surface area contributed by atoms with Crippen LogP contribution in [-0.4, -0.2) is 92.0 Å². The van der Waals surface area contributed by atoms with Crippen molar-refractivity contribution in [2.75, 3.05) is 65.5 Å². The van der Waals surface area contributed by atoms with E-state index in [0.29, 0.717) is 31.3 Å². The van der Waals surface area contributed by atoms with E-state index in [-0.39, 0.29) is 18.4 Å². The molecule has 1 N–H and O–H groups in total. The van der Waals surface area contributed by atoms with E-state index in [1.165, 1.54) is 0 Å². The number of ether oxygens (including phenoxy) is 1. The van der Waals surface area contributed by atoms with Crippen LogP contribution in [0.25, 0.3) is 0 Å². The smallest absolute Gasteiger partial charge is 0.239 e. The molecule has 0 saturated carbocycles. The Bertz CT molecular complexity index is 617. The molecule has 2 heterocycles. The Balaban J connectivity index is 1.33. The van der Waals surface area contributed by atoms with Gasteiger partial charge in [-0.15, -0.1) is 0 Å². The van der Waals surface area contributed by atoms with E-state index < -0.39 is 0 Å². The molecule has 26 heavy (non-hydrogen) atoms. The standard InChI is InChI=1S/C18H25ClN4O3/c19-15-1-3-16(4-2-15)26-12-11-21-7-9-22(10-8-21)14-18(25)23-6-5-20-17(24)13-23/h1-4H,5-14H2,(H,20,24). The number of hydrogen-bond acceptors (Lipinski definition) is 5. The molecule has 0 radical (unpaired) electrons. The van der Waals surface area contributed by atoms with Crippen molar-refractivity contribution in [3.63, 3.8) is 0 Å². The molecular weight excluding hydrogens is 356 g/mol. The quantitative estimate of drug-likeness (QED) is 0.768. The van der Waals surface area contributed by atoms with Gasteiger partial charge >= 0.3 is 0 Å². The zero-order valence-electron chi connectivity index (χ0n) is 14.8. The number of amides is 2. The minimum Gasteiger partial charge on any atom is -0.492 e. The lowest BCUT2D eigenvalue weighted by Gasteiger charge is -2.35. The lowest BCUT2D eigenvalue weighted by molar-refractivity contribution is -0.139. The van der Waals surface area contributed by atoms with Gasteiger partial charge in [-0.05, 0) is 24.3 Å². The maximum absolute atomic E-state index is 12.3. The first-order chi connectivity index (χ1) is 12.6. The van der Waals surface area contributed by atoms with Crippen molar-refractivity contribution < 1.29 is 14.3 Å². The SMILES string of the molecule is O=C1CN(C(=O)CN2CCN(CCOc3ccc(Cl)cc3)CC2)CCN1. The van der Waals surface area contributed by atoms with Gasteiger partial charge in [0, 0.05) is 50.8 Å². The zero-order chi connectivity index (χ0) is 18.4. The summed E-state index contributed by atoms with van der Waals surface area (Å²) in [4.78, 5) is 29.8. The van der Waals surface area contributed by atoms with Crippen LogP contribution in [0.1, 0.15) is 0 Å². The van der Waals surface area contributed by atoms with Crippen molar-refractivity contribution in [2.24, 2.45) is 0 Å². The Morgan fingerprint density at radius 2 is 1.77 bits per heavy atom. The van der Waals surface area contributed by atoms with E-state index in [0.717, 1.165) is 38.5 Å². The zero-order valence-corrected chi connectivity index (χ0v) is 15.6. The Labute approximate surface area is 158 Å². The Morgan fingerprint density at radius 3 is 2.46 bits per heavy atom.